The second-order valence-electron chi connectivity index (χ2n) is 5.23. The van der Waals surface area contributed by atoms with Crippen LogP contribution in [-0.4, -0.2) is 35.2 Å². The Hall–Kier alpha value is -0.0800. The molecule has 2 nitrogen and oxygen atoms in total. The lowest BCUT2D eigenvalue weighted by atomic mass is 9.98. The van der Waals surface area contributed by atoms with Gasteiger partial charge in [0, 0.05) is 11.6 Å². The second kappa shape index (κ2) is 5.13. The highest BCUT2D eigenvalue weighted by molar-refractivity contribution is 4.84. The second-order valence-corrected chi connectivity index (χ2v) is 5.23. The number of hydrogen-bond acceptors (Lipinski definition) is 2. The average molecular weight is 199 g/mol. The highest BCUT2D eigenvalue weighted by Gasteiger charge is 2.28. The Morgan fingerprint density at radius 2 is 1.64 bits per heavy atom. The first-order valence-corrected chi connectivity index (χ1v) is 5.92. The predicted octanol–water partition coefficient (Wildman–Crippen LogP) is 2.41. The molecule has 0 amide bonds. The van der Waals surface area contributed by atoms with E-state index in [1.807, 2.05) is 0 Å². The van der Waals surface area contributed by atoms with Gasteiger partial charge in [-0.05, 0) is 33.7 Å². The van der Waals surface area contributed by atoms with Gasteiger partial charge in [0.1, 0.15) is 0 Å². The molecule has 84 valence electrons. The summed E-state index contributed by atoms with van der Waals surface area (Å²) >= 11 is 0. The van der Waals surface area contributed by atoms with Crippen molar-refractivity contribution in [2.75, 3.05) is 13.7 Å². The van der Waals surface area contributed by atoms with Crippen molar-refractivity contribution in [3.05, 3.63) is 0 Å². The molecule has 1 aliphatic carbocycles. The summed E-state index contributed by atoms with van der Waals surface area (Å²) in [5.41, 5.74) is -0.0605. The lowest BCUT2D eigenvalue weighted by Crippen LogP contribution is -2.49. The summed E-state index contributed by atoms with van der Waals surface area (Å²) in [6, 6.07) is 0.680. The molecule has 1 fully saturated rings. The van der Waals surface area contributed by atoms with Crippen LogP contribution in [0.1, 0.15) is 52.4 Å². The van der Waals surface area contributed by atoms with Crippen LogP contribution in [-0.2, 0) is 0 Å². The molecule has 14 heavy (non-hydrogen) atoms. The van der Waals surface area contributed by atoms with Gasteiger partial charge >= 0.3 is 0 Å². The van der Waals surface area contributed by atoms with Gasteiger partial charge < -0.3 is 5.11 Å². The molecule has 1 N–H and O–H groups in total. The first kappa shape index (κ1) is 12.0. The molecule has 0 aromatic rings. The van der Waals surface area contributed by atoms with Gasteiger partial charge in [-0.3, -0.25) is 4.90 Å². The van der Waals surface area contributed by atoms with Crippen LogP contribution >= 0.6 is 0 Å². The topological polar surface area (TPSA) is 23.5 Å². The van der Waals surface area contributed by atoms with Gasteiger partial charge in [0.25, 0.3) is 0 Å². The van der Waals surface area contributed by atoms with E-state index in [-0.39, 0.29) is 12.1 Å². The Morgan fingerprint density at radius 1 is 1.14 bits per heavy atom. The molecule has 0 aromatic carbocycles. The smallest absolute Gasteiger partial charge is 0.0610 e. The highest BCUT2D eigenvalue weighted by atomic mass is 16.3. The van der Waals surface area contributed by atoms with Crippen molar-refractivity contribution >= 4 is 0 Å². The van der Waals surface area contributed by atoms with E-state index in [1.165, 1.54) is 38.5 Å². The lowest BCUT2D eigenvalue weighted by molar-refractivity contribution is 0.0395. The van der Waals surface area contributed by atoms with Crippen LogP contribution in [0.3, 0.4) is 0 Å². The fraction of sp³-hybridized carbons (Fsp3) is 1.00. The zero-order chi connectivity index (χ0) is 10.6. The van der Waals surface area contributed by atoms with Gasteiger partial charge in [0.15, 0.2) is 0 Å². The molecule has 1 rings (SSSR count). The van der Waals surface area contributed by atoms with Crippen LogP contribution in [0.15, 0.2) is 0 Å². The van der Waals surface area contributed by atoms with Crippen LogP contribution in [0.4, 0.5) is 0 Å². The standard InChI is InChI=1S/C12H25NO/c1-12(2,10-14)13(3)11-8-6-4-5-7-9-11/h11,14H,4-10H2,1-3H3. The SMILES string of the molecule is CN(C1CCCCCC1)C(C)(C)CO. The largest absolute Gasteiger partial charge is 0.394 e. The van der Waals surface area contributed by atoms with E-state index in [4.69, 9.17) is 0 Å². The van der Waals surface area contributed by atoms with Crippen molar-refractivity contribution in [1.82, 2.24) is 4.90 Å². The van der Waals surface area contributed by atoms with E-state index in [0.717, 1.165) is 0 Å². The van der Waals surface area contributed by atoms with Gasteiger partial charge in [0.05, 0.1) is 6.61 Å². The minimum atomic E-state index is -0.0605. The van der Waals surface area contributed by atoms with Crippen molar-refractivity contribution in [2.45, 2.75) is 64.0 Å². The summed E-state index contributed by atoms with van der Waals surface area (Å²) in [5.74, 6) is 0. The van der Waals surface area contributed by atoms with Crippen LogP contribution in [0.2, 0.25) is 0 Å². The molecule has 0 bridgehead atoms. The molecule has 0 unspecified atom stereocenters. The number of hydrogen-bond donors (Lipinski definition) is 1. The lowest BCUT2D eigenvalue weighted by Gasteiger charge is -2.39. The van der Waals surface area contributed by atoms with Crippen molar-refractivity contribution in [1.29, 1.82) is 0 Å². The fourth-order valence-corrected chi connectivity index (χ4v) is 2.25. The average Bonchev–Trinajstić information content (AvgIpc) is 2.44. The summed E-state index contributed by atoms with van der Waals surface area (Å²) in [7, 11) is 2.16. The van der Waals surface area contributed by atoms with E-state index < -0.39 is 0 Å². The fourth-order valence-electron chi connectivity index (χ4n) is 2.25. The van der Waals surface area contributed by atoms with Crippen molar-refractivity contribution in [3.8, 4) is 0 Å². The third-order valence-electron chi connectivity index (χ3n) is 3.71. The number of aliphatic hydroxyl groups excluding tert-OH is 1. The normalized spacial score (nSPS) is 21.2. The molecule has 1 aliphatic rings. The first-order chi connectivity index (χ1) is 6.58. The molecule has 0 heterocycles. The summed E-state index contributed by atoms with van der Waals surface area (Å²) in [6.45, 7) is 4.50. The van der Waals surface area contributed by atoms with Gasteiger partial charge in [-0.25, -0.2) is 0 Å². The molecule has 1 saturated carbocycles. The third kappa shape index (κ3) is 2.96. The monoisotopic (exact) mass is 199 g/mol. The zero-order valence-electron chi connectivity index (χ0n) is 9.92. The van der Waals surface area contributed by atoms with E-state index >= 15 is 0 Å². The van der Waals surface area contributed by atoms with Crippen molar-refractivity contribution < 1.29 is 5.11 Å². The highest BCUT2D eigenvalue weighted by Crippen LogP contribution is 2.25. The Labute approximate surface area is 88.3 Å². The van der Waals surface area contributed by atoms with Gasteiger partial charge in [-0.15, -0.1) is 0 Å². The summed E-state index contributed by atoms with van der Waals surface area (Å²) in [4.78, 5) is 2.37. The summed E-state index contributed by atoms with van der Waals surface area (Å²) in [6.07, 6.45) is 8.11. The first-order valence-electron chi connectivity index (χ1n) is 5.92. The van der Waals surface area contributed by atoms with Gasteiger partial charge in [-0.1, -0.05) is 25.7 Å². The Bertz CT molecular complexity index is 160. The van der Waals surface area contributed by atoms with Gasteiger partial charge in [0.2, 0.25) is 0 Å². The Kier molecular flexibility index (Phi) is 4.39. The summed E-state index contributed by atoms with van der Waals surface area (Å²) in [5, 5.41) is 9.32. The molecule has 0 saturated heterocycles. The van der Waals surface area contributed by atoms with Crippen LogP contribution < -0.4 is 0 Å². The van der Waals surface area contributed by atoms with E-state index in [2.05, 4.69) is 25.8 Å². The Balaban J connectivity index is 2.53. The van der Waals surface area contributed by atoms with Crippen molar-refractivity contribution in [2.24, 2.45) is 0 Å². The predicted molar refractivity (Wildman–Crippen MR) is 60.4 cm³/mol. The molecule has 0 atom stereocenters. The number of nitrogens with zero attached hydrogens (tertiary/aromatic N) is 1. The molecular formula is C12H25NO. The zero-order valence-corrected chi connectivity index (χ0v) is 9.92. The molecular weight excluding hydrogens is 174 g/mol. The van der Waals surface area contributed by atoms with E-state index in [1.54, 1.807) is 0 Å². The van der Waals surface area contributed by atoms with Crippen LogP contribution in [0.25, 0.3) is 0 Å². The van der Waals surface area contributed by atoms with E-state index in [9.17, 15) is 5.11 Å². The molecule has 0 radical (unpaired) electrons. The number of rotatable bonds is 3. The number of aliphatic hydroxyl groups is 1. The minimum absolute atomic E-state index is 0.0605. The Morgan fingerprint density at radius 3 is 2.07 bits per heavy atom. The van der Waals surface area contributed by atoms with E-state index in [0.29, 0.717) is 6.04 Å². The summed E-state index contributed by atoms with van der Waals surface area (Å²) < 4.78 is 0. The third-order valence-corrected chi connectivity index (χ3v) is 3.71. The molecule has 2 heteroatoms. The number of likely N-dealkylation sites (N-methyl/N-ethyl adjacent to an activating group) is 1. The maximum absolute atomic E-state index is 9.32. The van der Waals surface area contributed by atoms with Crippen LogP contribution in [0, 0.1) is 0 Å². The quantitative estimate of drug-likeness (QED) is 0.706. The molecule has 0 spiro atoms. The molecule has 0 aliphatic heterocycles. The molecule has 0 aromatic heterocycles. The van der Waals surface area contributed by atoms with Gasteiger partial charge in [-0.2, -0.15) is 0 Å². The maximum atomic E-state index is 9.32. The van der Waals surface area contributed by atoms with Crippen LogP contribution in [0.5, 0.6) is 0 Å². The maximum Gasteiger partial charge on any atom is 0.0610 e. The minimum Gasteiger partial charge on any atom is -0.394 e. The van der Waals surface area contributed by atoms with Crippen molar-refractivity contribution in [3.63, 3.8) is 0 Å².